The van der Waals surface area contributed by atoms with E-state index in [9.17, 15) is 0 Å². The van der Waals surface area contributed by atoms with E-state index in [0.717, 1.165) is 13.1 Å². The first-order valence-electron chi connectivity index (χ1n) is 3.58. The third-order valence-electron chi connectivity index (χ3n) is 2.08. The zero-order valence-corrected chi connectivity index (χ0v) is 5.80. The Balaban J connectivity index is 2.11. The Morgan fingerprint density at radius 1 is 1.40 bits per heavy atom. The van der Waals surface area contributed by atoms with E-state index in [-0.39, 0.29) is 6.04 Å². The Labute approximate surface area is 59.7 Å². The topological polar surface area (TPSA) is 56.5 Å². The molecule has 1 spiro atoms. The van der Waals surface area contributed by atoms with Crippen LogP contribution in [0.3, 0.4) is 0 Å². The molecule has 10 heavy (non-hydrogen) atoms. The van der Waals surface area contributed by atoms with E-state index < -0.39 is 5.79 Å². The van der Waals surface area contributed by atoms with Gasteiger partial charge in [-0.1, -0.05) is 0 Å². The van der Waals surface area contributed by atoms with Gasteiger partial charge in [-0.25, -0.2) is 0 Å². The van der Waals surface area contributed by atoms with Crippen molar-refractivity contribution in [2.24, 2.45) is 5.73 Å². The number of ether oxygens (including phenoxy) is 2. The fourth-order valence-corrected chi connectivity index (χ4v) is 1.48. The summed E-state index contributed by atoms with van der Waals surface area (Å²) < 4.78 is 10.8. The van der Waals surface area contributed by atoms with Gasteiger partial charge >= 0.3 is 0 Å². The standard InChI is InChI=1S/C6H12N2O2/c7-5-3-8-4-6(5)9-1-2-10-6/h5,8H,1-4,7H2. The van der Waals surface area contributed by atoms with Gasteiger partial charge in [0.15, 0.2) is 5.79 Å². The van der Waals surface area contributed by atoms with E-state index in [1.165, 1.54) is 0 Å². The van der Waals surface area contributed by atoms with Crippen molar-refractivity contribution in [2.45, 2.75) is 11.8 Å². The van der Waals surface area contributed by atoms with E-state index in [0.29, 0.717) is 13.2 Å². The highest BCUT2D eigenvalue weighted by Gasteiger charge is 2.46. The van der Waals surface area contributed by atoms with Crippen LogP contribution in [0.5, 0.6) is 0 Å². The summed E-state index contributed by atoms with van der Waals surface area (Å²) in [7, 11) is 0. The van der Waals surface area contributed by atoms with Crippen LogP contribution in [0.15, 0.2) is 0 Å². The maximum Gasteiger partial charge on any atom is 0.197 e. The highest BCUT2D eigenvalue weighted by Crippen LogP contribution is 2.24. The Bertz CT molecular complexity index is 128. The molecule has 0 aromatic rings. The molecule has 2 saturated heterocycles. The fourth-order valence-electron chi connectivity index (χ4n) is 1.48. The number of hydrogen-bond acceptors (Lipinski definition) is 4. The molecule has 0 aliphatic carbocycles. The number of nitrogens with one attached hydrogen (secondary N) is 1. The van der Waals surface area contributed by atoms with Crippen LogP contribution in [0.1, 0.15) is 0 Å². The Hall–Kier alpha value is -0.160. The highest BCUT2D eigenvalue weighted by molar-refractivity contribution is 4.95. The molecule has 1 unspecified atom stereocenters. The normalized spacial score (nSPS) is 37.5. The summed E-state index contributed by atoms with van der Waals surface area (Å²) in [4.78, 5) is 0. The van der Waals surface area contributed by atoms with Crippen LogP contribution >= 0.6 is 0 Å². The van der Waals surface area contributed by atoms with E-state index in [4.69, 9.17) is 15.2 Å². The second-order valence-corrected chi connectivity index (χ2v) is 2.75. The summed E-state index contributed by atoms with van der Waals surface area (Å²) in [5.74, 6) is -0.486. The molecule has 2 aliphatic rings. The van der Waals surface area contributed by atoms with Crippen LogP contribution in [0.2, 0.25) is 0 Å². The lowest BCUT2D eigenvalue weighted by molar-refractivity contribution is -0.149. The second kappa shape index (κ2) is 2.17. The summed E-state index contributed by atoms with van der Waals surface area (Å²) in [5, 5.41) is 3.13. The van der Waals surface area contributed by atoms with Crippen molar-refractivity contribution in [3.63, 3.8) is 0 Å². The summed E-state index contributed by atoms with van der Waals surface area (Å²) in [6.45, 7) is 2.87. The Morgan fingerprint density at radius 2 is 2.10 bits per heavy atom. The average molecular weight is 144 g/mol. The third kappa shape index (κ3) is 0.769. The number of hydrogen-bond donors (Lipinski definition) is 2. The minimum absolute atomic E-state index is 0.00463. The summed E-state index contributed by atoms with van der Waals surface area (Å²) >= 11 is 0. The van der Waals surface area contributed by atoms with Crippen LogP contribution in [0.25, 0.3) is 0 Å². The van der Waals surface area contributed by atoms with E-state index in [1.807, 2.05) is 0 Å². The molecule has 2 rings (SSSR count). The van der Waals surface area contributed by atoms with Crippen molar-refractivity contribution in [3.8, 4) is 0 Å². The zero-order valence-electron chi connectivity index (χ0n) is 5.80. The smallest absolute Gasteiger partial charge is 0.197 e. The van der Waals surface area contributed by atoms with Gasteiger partial charge in [0.25, 0.3) is 0 Å². The van der Waals surface area contributed by atoms with Crippen molar-refractivity contribution in [3.05, 3.63) is 0 Å². The minimum Gasteiger partial charge on any atom is -0.345 e. The van der Waals surface area contributed by atoms with Gasteiger partial charge in [-0.05, 0) is 0 Å². The van der Waals surface area contributed by atoms with Gasteiger partial charge in [-0.15, -0.1) is 0 Å². The molecule has 0 aromatic carbocycles. The minimum atomic E-state index is -0.486. The van der Waals surface area contributed by atoms with Crippen molar-refractivity contribution >= 4 is 0 Å². The molecule has 0 saturated carbocycles. The van der Waals surface area contributed by atoms with Crippen molar-refractivity contribution < 1.29 is 9.47 Å². The molecule has 2 heterocycles. The lowest BCUT2D eigenvalue weighted by Crippen LogP contribution is -2.47. The summed E-state index contributed by atoms with van der Waals surface area (Å²) in [6, 6.07) is -0.00463. The SMILES string of the molecule is NC1CNCC12OCCO2. The molecular formula is C6H12N2O2. The predicted molar refractivity (Wildman–Crippen MR) is 35.5 cm³/mol. The molecule has 58 valence electrons. The fraction of sp³-hybridized carbons (Fsp3) is 1.00. The quantitative estimate of drug-likeness (QED) is 0.442. The van der Waals surface area contributed by atoms with Crippen LogP contribution in [0.4, 0.5) is 0 Å². The lowest BCUT2D eigenvalue weighted by Gasteiger charge is -2.24. The molecule has 2 fully saturated rings. The molecule has 0 amide bonds. The number of nitrogens with two attached hydrogens (primary N) is 1. The molecule has 2 aliphatic heterocycles. The maximum absolute atomic E-state index is 5.76. The molecule has 0 radical (unpaired) electrons. The Morgan fingerprint density at radius 3 is 2.60 bits per heavy atom. The molecule has 3 N–H and O–H groups in total. The van der Waals surface area contributed by atoms with Crippen LogP contribution < -0.4 is 11.1 Å². The first-order chi connectivity index (χ1) is 4.83. The van der Waals surface area contributed by atoms with Crippen LogP contribution in [-0.2, 0) is 9.47 Å². The third-order valence-corrected chi connectivity index (χ3v) is 2.08. The first kappa shape index (κ1) is 6.54. The predicted octanol–water partition coefficient (Wildman–Crippen LogP) is -1.34. The van der Waals surface area contributed by atoms with Crippen molar-refractivity contribution in [1.82, 2.24) is 5.32 Å². The van der Waals surface area contributed by atoms with E-state index >= 15 is 0 Å². The van der Waals surface area contributed by atoms with Crippen LogP contribution in [-0.4, -0.2) is 38.1 Å². The van der Waals surface area contributed by atoms with Gasteiger partial charge in [0.1, 0.15) is 0 Å². The number of rotatable bonds is 0. The van der Waals surface area contributed by atoms with Gasteiger partial charge < -0.3 is 20.5 Å². The monoisotopic (exact) mass is 144 g/mol. The Kier molecular flexibility index (Phi) is 1.42. The van der Waals surface area contributed by atoms with Gasteiger partial charge in [-0.2, -0.15) is 0 Å². The average Bonchev–Trinajstić information content (AvgIpc) is 2.48. The molecule has 4 heteroatoms. The van der Waals surface area contributed by atoms with E-state index in [1.54, 1.807) is 0 Å². The molecule has 0 bridgehead atoms. The van der Waals surface area contributed by atoms with Crippen molar-refractivity contribution in [1.29, 1.82) is 0 Å². The van der Waals surface area contributed by atoms with Gasteiger partial charge in [0, 0.05) is 6.54 Å². The molecular weight excluding hydrogens is 132 g/mol. The van der Waals surface area contributed by atoms with E-state index in [2.05, 4.69) is 5.32 Å². The molecule has 4 nitrogen and oxygen atoms in total. The highest BCUT2D eigenvalue weighted by atomic mass is 16.7. The van der Waals surface area contributed by atoms with Gasteiger partial charge in [-0.3, -0.25) is 0 Å². The van der Waals surface area contributed by atoms with Gasteiger partial charge in [0.05, 0.1) is 25.8 Å². The maximum atomic E-state index is 5.76. The summed E-state index contributed by atoms with van der Waals surface area (Å²) in [5.41, 5.74) is 5.76. The van der Waals surface area contributed by atoms with Crippen molar-refractivity contribution in [2.75, 3.05) is 26.3 Å². The summed E-state index contributed by atoms with van der Waals surface area (Å²) in [6.07, 6.45) is 0. The van der Waals surface area contributed by atoms with Crippen LogP contribution in [0, 0.1) is 0 Å². The molecule has 0 aromatic heterocycles. The zero-order chi connectivity index (χ0) is 7.03. The molecule has 1 atom stereocenters. The largest absolute Gasteiger partial charge is 0.345 e. The second-order valence-electron chi connectivity index (χ2n) is 2.75. The lowest BCUT2D eigenvalue weighted by atomic mass is 10.2. The first-order valence-corrected chi connectivity index (χ1v) is 3.58. The van der Waals surface area contributed by atoms with Gasteiger partial charge in [0.2, 0.25) is 0 Å².